The minimum atomic E-state index is 0.116. The van der Waals surface area contributed by atoms with Gasteiger partial charge in [0.15, 0.2) is 0 Å². The highest BCUT2D eigenvalue weighted by Crippen LogP contribution is 2.60. The molecule has 0 fully saturated rings. The standard InChI is InChI=1S/C15H34P2/c1-13(2)12-16(9)10-11-17(14(3,4)5)15(6,7)8/h13H,10-12H2,1-9H3. The fourth-order valence-corrected chi connectivity index (χ4v) is 9.61. The molecule has 104 valence electrons. The maximum atomic E-state index is 2.49. The van der Waals surface area contributed by atoms with Gasteiger partial charge in [-0.15, -0.1) is 7.92 Å². The lowest BCUT2D eigenvalue weighted by molar-refractivity contribution is 0.705. The van der Waals surface area contributed by atoms with E-state index in [1.165, 1.54) is 18.5 Å². The van der Waals surface area contributed by atoms with Crippen LogP contribution in [0.3, 0.4) is 0 Å². The van der Waals surface area contributed by atoms with Crippen molar-refractivity contribution in [2.24, 2.45) is 5.92 Å². The molecule has 1 atom stereocenters. The molecule has 1 unspecified atom stereocenters. The molecule has 2 heteroatoms. The van der Waals surface area contributed by atoms with Crippen molar-refractivity contribution in [3.63, 3.8) is 0 Å². The first-order valence-electron chi connectivity index (χ1n) is 6.91. The minimum absolute atomic E-state index is 0.116. The molecule has 0 N–H and O–H groups in total. The first kappa shape index (κ1) is 17.9. The Kier molecular flexibility index (Phi) is 7.21. The fraction of sp³-hybridized carbons (Fsp3) is 1.00. The molecule has 0 saturated heterocycles. The molecule has 17 heavy (non-hydrogen) atoms. The van der Waals surface area contributed by atoms with E-state index < -0.39 is 0 Å². The van der Waals surface area contributed by atoms with E-state index in [4.69, 9.17) is 0 Å². The van der Waals surface area contributed by atoms with E-state index in [1.54, 1.807) is 0 Å². The first-order valence-corrected chi connectivity index (χ1v) is 10.6. The highest BCUT2D eigenvalue weighted by atomic mass is 31.1. The van der Waals surface area contributed by atoms with Crippen LogP contribution < -0.4 is 0 Å². The van der Waals surface area contributed by atoms with Crippen molar-refractivity contribution >= 4 is 15.8 Å². The average molecular weight is 276 g/mol. The van der Waals surface area contributed by atoms with Crippen molar-refractivity contribution < 1.29 is 0 Å². The van der Waals surface area contributed by atoms with Crippen LogP contribution in [0, 0.1) is 5.92 Å². The van der Waals surface area contributed by atoms with Crippen LogP contribution in [0.4, 0.5) is 0 Å². The fourth-order valence-electron chi connectivity index (χ4n) is 2.66. The van der Waals surface area contributed by atoms with E-state index in [2.05, 4.69) is 62.1 Å². The predicted molar refractivity (Wildman–Crippen MR) is 88.7 cm³/mol. The second kappa shape index (κ2) is 6.86. The summed E-state index contributed by atoms with van der Waals surface area (Å²) in [5.41, 5.74) is 0. The van der Waals surface area contributed by atoms with Gasteiger partial charge in [-0.25, -0.2) is 0 Å². The van der Waals surface area contributed by atoms with Crippen LogP contribution in [0.2, 0.25) is 0 Å². The molecule has 0 aliphatic heterocycles. The summed E-state index contributed by atoms with van der Waals surface area (Å²) in [6.45, 7) is 21.8. The first-order chi connectivity index (χ1) is 7.44. The third kappa shape index (κ3) is 7.79. The molecular formula is C15H34P2. The Labute approximate surface area is 113 Å². The van der Waals surface area contributed by atoms with E-state index in [0.717, 1.165) is 5.92 Å². The van der Waals surface area contributed by atoms with Crippen molar-refractivity contribution in [1.29, 1.82) is 0 Å². The third-order valence-corrected chi connectivity index (χ3v) is 9.60. The van der Waals surface area contributed by atoms with Gasteiger partial charge in [-0.3, -0.25) is 0 Å². The van der Waals surface area contributed by atoms with Gasteiger partial charge in [0.1, 0.15) is 0 Å². The van der Waals surface area contributed by atoms with Gasteiger partial charge in [0.25, 0.3) is 0 Å². The Morgan fingerprint density at radius 1 is 0.824 bits per heavy atom. The smallest absolute Gasteiger partial charge is 0.0174 e. The van der Waals surface area contributed by atoms with E-state index >= 15 is 0 Å². The predicted octanol–water partition coefficient (Wildman–Crippen LogP) is 5.83. The minimum Gasteiger partial charge on any atom is -0.109 e. The van der Waals surface area contributed by atoms with E-state index in [0.29, 0.717) is 10.3 Å². The van der Waals surface area contributed by atoms with Crippen molar-refractivity contribution in [1.82, 2.24) is 0 Å². The molecule has 0 rings (SSSR count). The molecular weight excluding hydrogens is 242 g/mol. The molecule has 0 aromatic carbocycles. The molecule has 0 saturated carbocycles. The molecule has 0 aromatic heterocycles. The zero-order chi connectivity index (χ0) is 13.9. The van der Waals surface area contributed by atoms with Crippen LogP contribution in [0.25, 0.3) is 0 Å². The van der Waals surface area contributed by atoms with Crippen LogP contribution in [0.1, 0.15) is 55.4 Å². The molecule has 0 heterocycles. The second-order valence-electron chi connectivity index (χ2n) is 7.65. The maximum absolute atomic E-state index is 2.49. The summed E-state index contributed by atoms with van der Waals surface area (Å²) < 4.78 is 0. The molecule has 0 aliphatic rings. The quantitative estimate of drug-likeness (QED) is 0.554. The monoisotopic (exact) mass is 276 g/mol. The number of hydrogen-bond donors (Lipinski definition) is 0. The van der Waals surface area contributed by atoms with E-state index in [-0.39, 0.29) is 15.8 Å². The van der Waals surface area contributed by atoms with Gasteiger partial charge in [-0.2, -0.15) is 0 Å². The topological polar surface area (TPSA) is 0 Å². The molecule has 0 aliphatic carbocycles. The van der Waals surface area contributed by atoms with Crippen molar-refractivity contribution in [2.45, 2.75) is 65.7 Å². The zero-order valence-corrected chi connectivity index (χ0v) is 15.4. The molecule has 0 bridgehead atoms. The Morgan fingerprint density at radius 3 is 1.53 bits per heavy atom. The van der Waals surface area contributed by atoms with Gasteiger partial charge < -0.3 is 0 Å². The van der Waals surface area contributed by atoms with Crippen molar-refractivity contribution in [3.8, 4) is 0 Å². The summed E-state index contributed by atoms with van der Waals surface area (Å²) in [6.07, 6.45) is 4.40. The van der Waals surface area contributed by atoms with Crippen molar-refractivity contribution in [3.05, 3.63) is 0 Å². The Hall–Kier alpha value is 0.860. The average Bonchev–Trinajstić information content (AvgIpc) is 1.96. The summed E-state index contributed by atoms with van der Waals surface area (Å²) in [5, 5.41) is 1.00. The number of rotatable bonds is 5. The van der Waals surface area contributed by atoms with Crippen LogP contribution in [-0.4, -0.2) is 35.5 Å². The molecule has 0 nitrogen and oxygen atoms in total. The van der Waals surface area contributed by atoms with Crippen LogP contribution in [-0.2, 0) is 0 Å². The lowest BCUT2D eigenvalue weighted by Crippen LogP contribution is -2.27. The Morgan fingerprint density at radius 2 is 1.24 bits per heavy atom. The van der Waals surface area contributed by atoms with Crippen molar-refractivity contribution in [2.75, 3.05) is 25.2 Å². The summed E-state index contributed by atoms with van der Waals surface area (Å²) >= 11 is 0. The lowest BCUT2D eigenvalue weighted by Gasteiger charge is -2.42. The second-order valence-corrected chi connectivity index (χ2v) is 14.2. The largest absolute Gasteiger partial charge is 0.109 e. The van der Waals surface area contributed by atoms with Crippen LogP contribution >= 0.6 is 15.8 Å². The van der Waals surface area contributed by atoms with Crippen LogP contribution in [0.5, 0.6) is 0 Å². The normalized spacial score (nSPS) is 15.7. The SMILES string of the molecule is CC(C)CP(C)CCP(C(C)(C)C)C(C)(C)C. The van der Waals surface area contributed by atoms with Gasteiger partial charge in [0, 0.05) is 0 Å². The van der Waals surface area contributed by atoms with E-state index in [1.807, 2.05) is 0 Å². The highest BCUT2D eigenvalue weighted by Gasteiger charge is 2.33. The van der Waals surface area contributed by atoms with E-state index in [9.17, 15) is 0 Å². The zero-order valence-electron chi connectivity index (χ0n) is 13.6. The third-order valence-electron chi connectivity index (χ3n) is 3.00. The van der Waals surface area contributed by atoms with Gasteiger partial charge in [-0.05, 0) is 41.4 Å². The molecule has 0 spiro atoms. The highest BCUT2D eigenvalue weighted by molar-refractivity contribution is 7.63. The summed E-state index contributed by atoms with van der Waals surface area (Å²) in [5.74, 6) is 0.876. The maximum Gasteiger partial charge on any atom is -0.0174 e. The molecule has 0 amide bonds. The summed E-state index contributed by atoms with van der Waals surface area (Å²) in [6, 6.07) is 0. The lowest BCUT2D eigenvalue weighted by atomic mass is 10.2. The summed E-state index contributed by atoms with van der Waals surface area (Å²) in [7, 11) is 0.385. The molecule has 0 aromatic rings. The van der Waals surface area contributed by atoms with Gasteiger partial charge in [-0.1, -0.05) is 63.3 Å². The van der Waals surface area contributed by atoms with Crippen LogP contribution in [0.15, 0.2) is 0 Å². The van der Waals surface area contributed by atoms with Gasteiger partial charge in [0.05, 0.1) is 0 Å². The molecule has 0 radical (unpaired) electrons. The van der Waals surface area contributed by atoms with Gasteiger partial charge >= 0.3 is 0 Å². The Bertz CT molecular complexity index is 194. The number of hydrogen-bond acceptors (Lipinski definition) is 0. The summed E-state index contributed by atoms with van der Waals surface area (Å²) in [4.78, 5) is 0. The van der Waals surface area contributed by atoms with Gasteiger partial charge in [0.2, 0.25) is 0 Å². The Balaban J connectivity index is 4.39.